The Hall–Kier alpha value is -2.75. The van der Waals surface area contributed by atoms with Gasteiger partial charge in [-0.25, -0.2) is 8.42 Å². The van der Waals surface area contributed by atoms with Gasteiger partial charge in [-0.05, 0) is 18.4 Å². The van der Waals surface area contributed by atoms with Crippen LogP contribution in [0.1, 0.15) is 5.76 Å². The molecule has 9 heteroatoms. The molecule has 0 aliphatic heterocycles. The van der Waals surface area contributed by atoms with Crippen molar-refractivity contribution in [3.05, 3.63) is 54.3 Å². The number of carbonyl (C=O) groups excluding carboxylic acids is 1. The number of nitrogens with one attached hydrogen (secondary N) is 1. The summed E-state index contributed by atoms with van der Waals surface area (Å²) >= 11 is 0. The molecule has 1 aromatic heterocycles. The number of fused-ring (bicyclic) bond motifs is 1. The van der Waals surface area contributed by atoms with Crippen LogP contribution in [0, 0.1) is 6.92 Å². The highest BCUT2D eigenvalue weighted by molar-refractivity contribution is 7.89. The molecule has 0 aliphatic carbocycles. The SMILES string of the molecule is COCCN(CC(=O)Nc1cc(C)on1)S(=O)(=O)c1cccc2ccccc12. The lowest BCUT2D eigenvalue weighted by Gasteiger charge is -2.22. The second-order valence-corrected chi connectivity index (χ2v) is 8.09. The predicted octanol–water partition coefficient (Wildman–Crippen LogP) is 2.41. The molecule has 148 valence electrons. The summed E-state index contributed by atoms with van der Waals surface area (Å²) < 4.78 is 37.6. The van der Waals surface area contributed by atoms with Gasteiger partial charge in [0.05, 0.1) is 18.0 Å². The Labute approximate surface area is 163 Å². The number of aryl methyl sites for hydroxylation is 1. The third-order valence-corrected chi connectivity index (χ3v) is 6.03. The molecule has 0 saturated carbocycles. The summed E-state index contributed by atoms with van der Waals surface area (Å²) in [5.74, 6) is 0.250. The third-order valence-electron chi connectivity index (χ3n) is 4.13. The van der Waals surface area contributed by atoms with Gasteiger partial charge < -0.3 is 14.6 Å². The maximum Gasteiger partial charge on any atom is 0.244 e. The number of hydrogen-bond acceptors (Lipinski definition) is 6. The second-order valence-electron chi connectivity index (χ2n) is 6.18. The number of rotatable bonds is 8. The number of nitrogens with zero attached hydrogens (tertiary/aromatic N) is 2. The number of ether oxygens (including phenoxy) is 1. The minimum Gasteiger partial charge on any atom is -0.383 e. The van der Waals surface area contributed by atoms with Crippen molar-refractivity contribution in [2.24, 2.45) is 0 Å². The molecule has 2 aromatic carbocycles. The number of benzene rings is 2. The molecule has 8 nitrogen and oxygen atoms in total. The van der Waals surface area contributed by atoms with Crippen LogP contribution in [0.15, 0.2) is 57.9 Å². The summed E-state index contributed by atoms with van der Waals surface area (Å²) in [7, 11) is -2.46. The molecule has 0 radical (unpaired) electrons. The monoisotopic (exact) mass is 403 g/mol. The summed E-state index contributed by atoms with van der Waals surface area (Å²) in [6.45, 7) is 1.51. The van der Waals surface area contributed by atoms with Crippen molar-refractivity contribution < 1.29 is 22.5 Å². The maximum absolute atomic E-state index is 13.3. The largest absolute Gasteiger partial charge is 0.383 e. The van der Waals surface area contributed by atoms with E-state index in [1.165, 1.54) is 13.2 Å². The zero-order valence-corrected chi connectivity index (χ0v) is 16.4. The van der Waals surface area contributed by atoms with Crippen LogP contribution in [-0.4, -0.2) is 50.6 Å². The van der Waals surface area contributed by atoms with E-state index in [1.54, 1.807) is 31.2 Å². The lowest BCUT2D eigenvalue weighted by molar-refractivity contribution is -0.116. The number of amides is 1. The Morgan fingerprint density at radius 2 is 1.96 bits per heavy atom. The number of sulfonamides is 1. The summed E-state index contributed by atoms with van der Waals surface area (Å²) in [4.78, 5) is 12.5. The molecule has 3 rings (SSSR count). The van der Waals surface area contributed by atoms with E-state index in [-0.39, 0.29) is 30.4 Å². The fourth-order valence-corrected chi connectivity index (χ4v) is 4.40. The van der Waals surface area contributed by atoms with E-state index >= 15 is 0 Å². The van der Waals surface area contributed by atoms with Crippen molar-refractivity contribution >= 4 is 32.5 Å². The van der Waals surface area contributed by atoms with Crippen LogP contribution < -0.4 is 5.32 Å². The zero-order valence-electron chi connectivity index (χ0n) is 15.6. The smallest absolute Gasteiger partial charge is 0.244 e. The van der Waals surface area contributed by atoms with Crippen LogP contribution >= 0.6 is 0 Å². The van der Waals surface area contributed by atoms with Gasteiger partial charge in [0.15, 0.2) is 5.82 Å². The first kappa shape index (κ1) is 20.0. The first-order valence-corrected chi connectivity index (χ1v) is 10.1. The zero-order chi connectivity index (χ0) is 20.1. The molecule has 1 heterocycles. The molecule has 0 saturated heterocycles. The van der Waals surface area contributed by atoms with E-state index in [2.05, 4.69) is 10.5 Å². The van der Waals surface area contributed by atoms with E-state index in [1.807, 2.05) is 18.2 Å². The van der Waals surface area contributed by atoms with Crippen molar-refractivity contribution in [1.29, 1.82) is 0 Å². The normalized spacial score (nSPS) is 11.8. The highest BCUT2D eigenvalue weighted by Crippen LogP contribution is 2.25. The Morgan fingerprint density at radius 3 is 2.68 bits per heavy atom. The van der Waals surface area contributed by atoms with Crippen molar-refractivity contribution in [2.75, 3.05) is 32.1 Å². The predicted molar refractivity (Wildman–Crippen MR) is 104 cm³/mol. The molecule has 0 spiro atoms. The van der Waals surface area contributed by atoms with Gasteiger partial charge in [0.25, 0.3) is 0 Å². The Kier molecular flexibility index (Phi) is 6.08. The van der Waals surface area contributed by atoms with Crippen LogP contribution in [-0.2, 0) is 19.6 Å². The van der Waals surface area contributed by atoms with E-state index in [9.17, 15) is 13.2 Å². The van der Waals surface area contributed by atoms with Gasteiger partial charge in [-0.2, -0.15) is 4.31 Å². The van der Waals surface area contributed by atoms with Gasteiger partial charge in [0.2, 0.25) is 15.9 Å². The average molecular weight is 403 g/mol. The number of hydrogen-bond donors (Lipinski definition) is 1. The van der Waals surface area contributed by atoms with Gasteiger partial charge in [0.1, 0.15) is 5.76 Å². The molecule has 1 amide bonds. The van der Waals surface area contributed by atoms with E-state index < -0.39 is 15.9 Å². The fourth-order valence-electron chi connectivity index (χ4n) is 2.80. The number of anilines is 1. The first-order chi connectivity index (χ1) is 13.4. The van der Waals surface area contributed by atoms with Crippen LogP contribution in [0.2, 0.25) is 0 Å². The summed E-state index contributed by atoms with van der Waals surface area (Å²) in [5.41, 5.74) is 0. The number of carbonyl (C=O) groups is 1. The first-order valence-electron chi connectivity index (χ1n) is 8.62. The van der Waals surface area contributed by atoms with Crippen molar-refractivity contribution in [3.63, 3.8) is 0 Å². The third kappa shape index (κ3) is 4.38. The fraction of sp³-hybridized carbons (Fsp3) is 0.263. The molecule has 1 N–H and O–H groups in total. The highest BCUT2D eigenvalue weighted by atomic mass is 32.2. The van der Waals surface area contributed by atoms with E-state index in [4.69, 9.17) is 9.26 Å². The highest BCUT2D eigenvalue weighted by Gasteiger charge is 2.28. The Morgan fingerprint density at radius 1 is 1.21 bits per heavy atom. The summed E-state index contributed by atoms with van der Waals surface area (Å²) in [5, 5.41) is 7.63. The molecule has 28 heavy (non-hydrogen) atoms. The molecular weight excluding hydrogens is 382 g/mol. The average Bonchev–Trinajstić information content (AvgIpc) is 3.09. The van der Waals surface area contributed by atoms with Crippen LogP contribution in [0.5, 0.6) is 0 Å². The quantitative estimate of drug-likeness (QED) is 0.620. The van der Waals surface area contributed by atoms with Crippen LogP contribution in [0.25, 0.3) is 10.8 Å². The van der Waals surface area contributed by atoms with Gasteiger partial charge in [-0.3, -0.25) is 4.79 Å². The maximum atomic E-state index is 13.3. The molecule has 0 fully saturated rings. The molecule has 0 bridgehead atoms. The minimum absolute atomic E-state index is 0.0350. The van der Waals surface area contributed by atoms with Crippen molar-refractivity contribution in [2.45, 2.75) is 11.8 Å². The van der Waals surface area contributed by atoms with Crippen molar-refractivity contribution in [1.82, 2.24) is 9.46 Å². The minimum atomic E-state index is -3.93. The second kappa shape index (κ2) is 8.51. The van der Waals surface area contributed by atoms with Gasteiger partial charge in [-0.15, -0.1) is 0 Å². The molecule has 0 unspecified atom stereocenters. The standard InChI is InChI=1S/C19H21N3O5S/c1-14-12-18(21-27-14)20-19(23)13-22(10-11-26-2)28(24,25)17-9-5-7-15-6-3-4-8-16(15)17/h3-9,12H,10-11,13H2,1-2H3,(H,20,21,23). The number of methoxy groups -OCH3 is 1. The van der Waals surface area contributed by atoms with Gasteiger partial charge >= 0.3 is 0 Å². The molecule has 0 aliphatic rings. The topological polar surface area (TPSA) is 102 Å². The summed E-state index contributed by atoms with van der Waals surface area (Å²) in [6, 6.07) is 13.8. The van der Waals surface area contributed by atoms with Gasteiger partial charge in [0, 0.05) is 25.1 Å². The number of aromatic nitrogens is 1. The Balaban J connectivity index is 1.89. The molecule has 0 atom stereocenters. The Bertz CT molecular complexity index is 1070. The van der Waals surface area contributed by atoms with E-state index in [0.29, 0.717) is 11.1 Å². The summed E-state index contributed by atoms with van der Waals surface area (Å²) in [6.07, 6.45) is 0. The van der Waals surface area contributed by atoms with E-state index in [0.717, 1.165) is 9.69 Å². The molecule has 3 aromatic rings. The lowest BCUT2D eigenvalue weighted by atomic mass is 10.1. The molecular formula is C19H21N3O5S. The van der Waals surface area contributed by atoms with Crippen LogP contribution in [0.4, 0.5) is 5.82 Å². The van der Waals surface area contributed by atoms with Gasteiger partial charge in [-0.1, -0.05) is 41.6 Å². The van der Waals surface area contributed by atoms with Crippen LogP contribution in [0.3, 0.4) is 0 Å². The van der Waals surface area contributed by atoms with Crippen molar-refractivity contribution in [3.8, 4) is 0 Å². The lowest BCUT2D eigenvalue weighted by Crippen LogP contribution is -2.40.